The van der Waals surface area contributed by atoms with Crippen LogP contribution in [-0.4, -0.2) is 37.2 Å². The van der Waals surface area contributed by atoms with E-state index in [9.17, 15) is 14.4 Å². The molecule has 3 rings (SSSR count). The summed E-state index contributed by atoms with van der Waals surface area (Å²) in [5.74, 6) is -0.549. The molecule has 0 aromatic heterocycles. The molecule has 2 aromatic rings. The number of nitrogens with one attached hydrogen (secondary N) is 3. The number of hydrogen-bond acceptors (Lipinski definition) is 5. The van der Waals surface area contributed by atoms with Crippen LogP contribution < -0.4 is 20.7 Å². The van der Waals surface area contributed by atoms with Crippen molar-refractivity contribution in [3.63, 3.8) is 0 Å². The zero-order valence-electron chi connectivity index (χ0n) is 16.7. The van der Waals surface area contributed by atoms with Gasteiger partial charge in [0.15, 0.2) is 0 Å². The van der Waals surface area contributed by atoms with Gasteiger partial charge in [0.25, 0.3) is 5.91 Å². The van der Waals surface area contributed by atoms with E-state index in [1.165, 1.54) is 0 Å². The quantitative estimate of drug-likeness (QED) is 0.610. The van der Waals surface area contributed by atoms with Gasteiger partial charge in [0.1, 0.15) is 12.4 Å². The van der Waals surface area contributed by atoms with E-state index in [0.29, 0.717) is 22.7 Å². The maximum atomic E-state index is 12.7. The van der Waals surface area contributed by atoms with Crippen LogP contribution in [0.15, 0.2) is 65.9 Å². The molecule has 1 atom stereocenters. The minimum Gasteiger partial charge on any atom is -0.487 e. The second kappa shape index (κ2) is 9.60. The molecule has 1 unspecified atom stereocenters. The van der Waals surface area contributed by atoms with Crippen molar-refractivity contribution >= 4 is 23.6 Å². The van der Waals surface area contributed by atoms with Crippen LogP contribution in [0.1, 0.15) is 24.2 Å². The summed E-state index contributed by atoms with van der Waals surface area (Å²) >= 11 is 0. The Kier molecular flexibility index (Phi) is 6.69. The molecular formula is C22H23N3O5. The smallest absolute Gasteiger partial charge is 0.338 e. The van der Waals surface area contributed by atoms with Gasteiger partial charge in [0.05, 0.1) is 29.5 Å². The fourth-order valence-corrected chi connectivity index (χ4v) is 3.04. The Morgan fingerprint density at radius 1 is 1.07 bits per heavy atom. The molecule has 3 amide bonds. The van der Waals surface area contributed by atoms with Crippen molar-refractivity contribution < 1.29 is 23.9 Å². The van der Waals surface area contributed by atoms with E-state index in [4.69, 9.17) is 9.47 Å². The lowest BCUT2D eigenvalue weighted by Crippen LogP contribution is -2.50. The number of ether oxygens (including phenoxy) is 2. The predicted octanol–water partition coefficient (Wildman–Crippen LogP) is 2.84. The highest BCUT2D eigenvalue weighted by Crippen LogP contribution is 2.22. The Labute approximate surface area is 174 Å². The van der Waals surface area contributed by atoms with Crippen molar-refractivity contribution in [3.05, 3.63) is 71.4 Å². The van der Waals surface area contributed by atoms with Gasteiger partial charge >= 0.3 is 12.0 Å². The number of urea groups is 1. The SMILES string of the molecule is CCOC(=O)C1=C(COc2ccccc2C(=O)Nc2ccccc2)NC(=O)NC1C. The number of benzene rings is 2. The average molecular weight is 409 g/mol. The Balaban J connectivity index is 1.80. The number of anilines is 1. The molecular weight excluding hydrogens is 386 g/mol. The third kappa shape index (κ3) is 4.96. The number of rotatable bonds is 7. The summed E-state index contributed by atoms with van der Waals surface area (Å²) in [7, 11) is 0. The lowest BCUT2D eigenvalue weighted by Gasteiger charge is -2.26. The number of para-hydroxylation sites is 2. The Morgan fingerprint density at radius 2 is 1.77 bits per heavy atom. The monoisotopic (exact) mass is 409 g/mol. The first-order chi connectivity index (χ1) is 14.5. The van der Waals surface area contributed by atoms with Gasteiger partial charge in [-0.25, -0.2) is 9.59 Å². The van der Waals surface area contributed by atoms with Crippen LogP contribution in [0, 0.1) is 0 Å². The average Bonchev–Trinajstić information content (AvgIpc) is 2.73. The highest BCUT2D eigenvalue weighted by molar-refractivity contribution is 6.06. The highest BCUT2D eigenvalue weighted by Gasteiger charge is 2.30. The highest BCUT2D eigenvalue weighted by atomic mass is 16.5. The fraction of sp³-hybridized carbons (Fsp3) is 0.227. The molecule has 0 bridgehead atoms. The van der Waals surface area contributed by atoms with E-state index in [-0.39, 0.29) is 24.7 Å². The summed E-state index contributed by atoms with van der Waals surface area (Å²) < 4.78 is 10.9. The van der Waals surface area contributed by atoms with Gasteiger partial charge in [-0.1, -0.05) is 30.3 Å². The third-order valence-corrected chi connectivity index (χ3v) is 4.40. The molecule has 156 valence electrons. The van der Waals surface area contributed by atoms with Crippen molar-refractivity contribution in [3.8, 4) is 5.75 Å². The number of hydrogen-bond donors (Lipinski definition) is 3. The normalized spacial score (nSPS) is 15.7. The Hall–Kier alpha value is -3.81. The maximum Gasteiger partial charge on any atom is 0.338 e. The molecule has 0 radical (unpaired) electrons. The summed E-state index contributed by atoms with van der Waals surface area (Å²) in [5, 5.41) is 8.03. The molecule has 1 heterocycles. The molecule has 3 N–H and O–H groups in total. The molecule has 8 heteroatoms. The van der Waals surface area contributed by atoms with Gasteiger partial charge in [-0.3, -0.25) is 4.79 Å². The molecule has 0 fully saturated rings. The second-order valence-corrected chi connectivity index (χ2v) is 6.54. The molecule has 0 aliphatic carbocycles. The molecule has 0 spiro atoms. The summed E-state index contributed by atoms with van der Waals surface area (Å²) in [6, 6.07) is 14.8. The van der Waals surface area contributed by atoms with Gasteiger partial charge in [-0.05, 0) is 38.1 Å². The van der Waals surface area contributed by atoms with E-state index in [0.717, 1.165) is 0 Å². The van der Waals surface area contributed by atoms with E-state index in [1.54, 1.807) is 50.2 Å². The maximum absolute atomic E-state index is 12.7. The van der Waals surface area contributed by atoms with Crippen LogP contribution in [0.5, 0.6) is 5.75 Å². The summed E-state index contributed by atoms with van der Waals surface area (Å²) in [5.41, 5.74) is 1.56. The van der Waals surface area contributed by atoms with Crippen LogP contribution in [0.25, 0.3) is 0 Å². The zero-order chi connectivity index (χ0) is 21.5. The first-order valence-electron chi connectivity index (χ1n) is 9.55. The van der Waals surface area contributed by atoms with E-state index < -0.39 is 18.0 Å². The molecule has 8 nitrogen and oxygen atoms in total. The summed E-state index contributed by atoms with van der Waals surface area (Å²) in [6.07, 6.45) is 0. The predicted molar refractivity (Wildman–Crippen MR) is 111 cm³/mol. The van der Waals surface area contributed by atoms with E-state index in [1.807, 2.05) is 18.2 Å². The van der Waals surface area contributed by atoms with E-state index >= 15 is 0 Å². The minimum absolute atomic E-state index is 0.110. The third-order valence-electron chi connectivity index (χ3n) is 4.40. The topological polar surface area (TPSA) is 106 Å². The van der Waals surface area contributed by atoms with Crippen molar-refractivity contribution in [1.82, 2.24) is 10.6 Å². The fourth-order valence-electron chi connectivity index (χ4n) is 3.04. The largest absolute Gasteiger partial charge is 0.487 e. The molecule has 1 aliphatic heterocycles. The Morgan fingerprint density at radius 3 is 2.50 bits per heavy atom. The Bertz CT molecular complexity index is 972. The van der Waals surface area contributed by atoms with Gasteiger partial charge in [0.2, 0.25) is 0 Å². The minimum atomic E-state index is -0.536. The van der Waals surface area contributed by atoms with Crippen LogP contribution in [0.4, 0.5) is 10.5 Å². The molecule has 0 saturated heterocycles. The van der Waals surface area contributed by atoms with E-state index in [2.05, 4.69) is 16.0 Å². The lowest BCUT2D eigenvalue weighted by atomic mass is 10.0. The lowest BCUT2D eigenvalue weighted by molar-refractivity contribution is -0.139. The number of amides is 3. The first kappa shape index (κ1) is 20.9. The number of esters is 1. The van der Waals surface area contributed by atoms with Crippen LogP contribution in [-0.2, 0) is 9.53 Å². The number of carbonyl (C=O) groups is 3. The van der Waals surface area contributed by atoms with Crippen molar-refractivity contribution in [1.29, 1.82) is 0 Å². The number of carbonyl (C=O) groups excluding carboxylic acids is 3. The second-order valence-electron chi connectivity index (χ2n) is 6.54. The zero-order valence-corrected chi connectivity index (χ0v) is 16.7. The van der Waals surface area contributed by atoms with Gasteiger partial charge in [0, 0.05) is 5.69 Å². The van der Waals surface area contributed by atoms with Crippen LogP contribution >= 0.6 is 0 Å². The summed E-state index contributed by atoms with van der Waals surface area (Å²) in [4.78, 5) is 36.9. The molecule has 30 heavy (non-hydrogen) atoms. The van der Waals surface area contributed by atoms with Crippen molar-refractivity contribution in [2.24, 2.45) is 0 Å². The first-order valence-corrected chi connectivity index (χ1v) is 9.55. The van der Waals surface area contributed by atoms with Crippen LogP contribution in [0.3, 0.4) is 0 Å². The molecule has 0 saturated carbocycles. The van der Waals surface area contributed by atoms with Crippen molar-refractivity contribution in [2.45, 2.75) is 19.9 Å². The van der Waals surface area contributed by atoms with Crippen LogP contribution in [0.2, 0.25) is 0 Å². The van der Waals surface area contributed by atoms with Gasteiger partial charge in [-0.15, -0.1) is 0 Å². The molecule has 1 aliphatic rings. The van der Waals surface area contributed by atoms with Gasteiger partial charge in [-0.2, -0.15) is 0 Å². The van der Waals surface area contributed by atoms with Gasteiger partial charge < -0.3 is 25.4 Å². The van der Waals surface area contributed by atoms with Crippen molar-refractivity contribution in [2.75, 3.05) is 18.5 Å². The molecule has 2 aromatic carbocycles. The summed E-state index contributed by atoms with van der Waals surface area (Å²) in [6.45, 7) is 3.49. The standard InChI is InChI=1S/C22H23N3O5/c1-3-29-21(27)19-14(2)23-22(28)25-17(19)13-30-18-12-8-7-11-16(18)20(26)24-15-9-5-4-6-10-15/h4-12,14H,3,13H2,1-2H3,(H,24,26)(H2,23,25,28).